The van der Waals surface area contributed by atoms with Gasteiger partial charge in [0.05, 0.1) is 22.1 Å². The molecule has 0 bridgehead atoms. The van der Waals surface area contributed by atoms with Gasteiger partial charge in [-0.1, -0.05) is 42.1 Å². The molecular weight excluding hydrogens is 414 g/mol. The first-order valence-electron chi connectivity index (χ1n) is 9.32. The van der Waals surface area contributed by atoms with Crippen molar-refractivity contribution < 1.29 is 9.90 Å². The van der Waals surface area contributed by atoms with Crippen molar-refractivity contribution in [3.05, 3.63) is 88.8 Å². The molecule has 30 heavy (non-hydrogen) atoms. The fourth-order valence-electron chi connectivity index (χ4n) is 3.32. The number of phenolic OH excluding ortho intramolecular Hbond substituents is 1. The average molecular weight is 432 g/mol. The van der Waals surface area contributed by atoms with Gasteiger partial charge in [-0.05, 0) is 60.3 Å². The van der Waals surface area contributed by atoms with Crippen LogP contribution in [0.25, 0.3) is 0 Å². The number of fused-ring (bicyclic) bond motifs is 1. The summed E-state index contributed by atoms with van der Waals surface area (Å²) in [6.45, 7) is 0. The Morgan fingerprint density at radius 3 is 2.30 bits per heavy atom. The highest BCUT2D eigenvalue weighted by Gasteiger charge is 2.40. The normalized spacial score (nSPS) is 19.6. The predicted octanol–water partition coefficient (Wildman–Crippen LogP) is 5.57. The van der Waals surface area contributed by atoms with Gasteiger partial charge in [-0.15, -0.1) is 0 Å². The zero-order valence-electron chi connectivity index (χ0n) is 16.0. The SMILES string of the molecule is CN1C(=C2SC(=Nc3ccccc3)N(c3ccc(O)cc3)C2=O)Sc2ccccc21. The number of anilines is 2. The molecule has 0 atom stereocenters. The molecule has 0 radical (unpaired) electrons. The molecule has 5 nitrogen and oxygen atoms in total. The van der Waals surface area contributed by atoms with Crippen LogP contribution in [0.3, 0.4) is 0 Å². The minimum atomic E-state index is -0.123. The van der Waals surface area contributed by atoms with Crippen molar-refractivity contribution in [3.8, 4) is 5.75 Å². The number of amidine groups is 1. The largest absolute Gasteiger partial charge is 0.508 e. The molecular formula is C23H17N3O2S2. The van der Waals surface area contributed by atoms with Crippen LogP contribution in [0.5, 0.6) is 5.75 Å². The topological polar surface area (TPSA) is 56.1 Å². The molecule has 2 aliphatic rings. The molecule has 7 heteroatoms. The van der Waals surface area contributed by atoms with E-state index in [0.717, 1.165) is 21.3 Å². The number of para-hydroxylation sites is 2. The lowest BCUT2D eigenvalue weighted by Gasteiger charge is -2.16. The number of benzene rings is 3. The van der Waals surface area contributed by atoms with Gasteiger partial charge in [-0.3, -0.25) is 9.69 Å². The summed E-state index contributed by atoms with van der Waals surface area (Å²) in [5.41, 5.74) is 2.53. The molecule has 2 aliphatic heterocycles. The average Bonchev–Trinajstić information content (AvgIpc) is 3.26. The summed E-state index contributed by atoms with van der Waals surface area (Å²) in [6.07, 6.45) is 0. The van der Waals surface area contributed by atoms with Crippen molar-refractivity contribution in [2.75, 3.05) is 16.8 Å². The lowest BCUT2D eigenvalue weighted by Crippen LogP contribution is -2.29. The Morgan fingerprint density at radius 2 is 1.57 bits per heavy atom. The zero-order valence-corrected chi connectivity index (χ0v) is 17.7. The molecule has 3 aromatic carbocycles. The number of phenols is 1. The van der Waals surface area contributed by atoms with Gasteiger partial charge in [0, 0.05) is 11.9 Å². The summed E-state index contributed by atoms with van der Waals surface area (Å²) in [5.74, 6) is 0.0298. The Hall–Kier alpha value is -3.16. The molecule has 2 heterocycles. The molecule has 1 amide bonds. The van der Waals surface area contributed by atoms with Crippen molar-refractivity contribution in [1.29, 1.82) is 0 Å². The fourth-order valence-corrected chi connectivity index (χ4v) is 5.67. The van der Waals surface area contributed by atoms with Crippen LogP contribution in [-0.2, 0) is 4.79 Å². The molecule has 1 fully saturated rings. The predicted molar refractivity (Wildman–Crippen MR) is 124 cm³/mol. The van der Waals surface area contributed by atoms with Crippen LogP contribution in [0.4, 0.5) is 17.1 Å². The van der Waals surface area contributed by atoms with Crippen LogP contribution in [-0.4, -0.2) is 23.2 Å². The van der Waals surface area contributed by atoms with Crippen molar-refractivity contribution >= 4 is 51.7 Å². The smallest absolute Gasteiger partial charge is 0.274 e. The van der Waals surface area contributed by atoms with Crippen molar-refractivity contribution in [2.24, 2.45) is 4.99 Å². The monoisotopic (exact) mass is 431 g/mol. The molecule has 0 aliphatic carbocycles. The van der Waals surface area contributed by atoms with E-state index in [1.165, 1.54) is 11.8 Å². The standard InChI is InChI=1S/C23H17N3O2S2/c1-25-18-9-5-6-10-19(18)29-22(25)20-21(28)26(16-11-13-17(27)14-12-16)23(30-20)24-15-7-3-2-4-8-15/h2-14,27H,1H3. The number of amides is 1. The van der Waals surface area contributed by atoms with Gasteiger partial charge in [0.2, 0.25) is 0 Å². The highest BCUT2D eigenvalue weighted by Crippen LogP contribution is 2.50. The first-order valence-corrected chi connectivity index (χ1v) is 10.9. The van der Waals surface area contributed by atoms with Crippen LogP contribution in [0.1, 0.15) is 0 Å². The molecule has 0 saturated carbocycles. The summed E-state index contributed by atoms with van der Waals surface area (Å²) >= 11 is 2.97. The van der Waals surface area contributed by atoms with Crippen LogP contribution < -0.4 is 9.80 Å². The van der Waals surface area contributed by atoms with Crippen LogP contribution in [0, 0.1) is 0 Å². The highest BCUT2D eigenvalue weighted by molar-refractivity contribution is 8.20. The quantitative estimate of drug-likeness (QED) is 0.538. The summed E-state index contributed by atoms with van der Waals surface area (Å²) in [6, 6.07) is 24.3. The van der Waals surface area contributed by atoms with Gasteiger partial charge in [0.1, 0.15) is 10.7 Å². The number of carbonyl (C=O) groups is 1. The van der Waals surface area contributed by atoms with Gasteiger partial charge in [0.25, 0.3) is 5.91 Å². The van der Waals surface area contributed by atoms with Gasteiger partial charge in [-0.2, -0.15) is 0 Å². The Morgan fingerprint density at radius 1 is 0.867 bits per heavy atom. The minimum absolute atomic E-state index is 0.123. The van der Waals surface area contributed by atoms with E-state index in [9.17, 15) is 9.90 Å². The maximum absolute atomic E-state index is 13.5. The Labute approximate surface area is 182 Å². The van der Waals surface area contributed by atoms with Gasteiger partial charge < -0.3 is 10.0 Å². The Kier molecular flexibility index (Phi) is 4.77. The second kappa shape index (κ2) is 7.59. The van der Waals surface area contributed by atoms with E-state index in [-0.39, 0.29) is 11.7 Å². The van der Waals surface area contributed by atoms with E-state index in [1.807, 2.05) is 49.5 Å². The maximum atomic E-state index is 13.5. The van der Waals surface area contributed by atoms with Crippen LogP contribution in [0.2, 0.25) is 0 Å². The summed E-state index contributed by atoms with van der Waals surface area (Å²) in [7, 11) is 1.98. The molecule has 0 unspecified atom stereocenters. The van der Waals surface area contributed by atoms with Crippen molar-refractivity contribution in [1.82, 2.24) is 0 Å². The molecule has 0 aromatic heterocycles. The number of rotatable bonds is 2. The Bertz CT molecular complexity index is 1190. The van der Waals surface area contributed by atoms with E-state index < -0.39 is 0 Å². The summed E-state index contributed by atoms with van der Waals surface area (Å²) in [5, 5.41) is 11.2. The lowest BCUT2D eigenvalue weighted by molar-refractivity contribution is -0.113. The number of aromatic hydroxyl groups is 1. The third kappa shape index (κ3) is 3.26. The van der Waals surface area contributed by atoms with E-state index in [4.69, 9.17) is 4.99 Å². The molecule has 3 aromatic rings. The Balaban J connectivity index is 1.61. The van der Waals surface area contributed by atoms with E-state index in [1.54, 1.807) is 40.9 Å². The lowest BCUT2D eigenvalue weighted by atomic mass is 10.2. The molecule has 148 valence electrons. The number of hydrogen-bond donors (Lipinski definition) is 1. The van der Waals surface area contributed by atoms with Gasteiger partial charge in [-0.25, -0.2) is 4.99 Å². The molecule has 0 spiro atoms. The summed E-state index contributed by atoms with van der Waals surface area (Å²) < 4.78 is 0. The van der Waals surface area contributed by atoms with Crippen LogP contribution >= 0.6 is 23.5 Å². The number of carbonyl (C=O) groups excluding carboxylic acids is 1. The van der Waals surface area contributed by atoms with Crippen molar-refractivity contribution in [2.45, 2.75) is 4.90 Å². The highest BCUT2D eigenvalue weighted by atomic mass is 32.2. The molecule has 1 saturated heterocycles. The molecule has 5 rings (SSSR count). The first-order chi connectivity index (χ1) is 14.6. The van der Waals surface area contributed by atoms with Crippen LogP contribution in [0.15, 0.2) is 98.7 Å². The zero-order chi connectivity index (χ0) is 20.7. The fraction of sp³-hybridized carbons (Fsp3) is 0.0435. The molecule has 1 N–H and O–H groups in total. The third-order valence-electron chi connectivity index (χ3n) is 4.80. The van der Waals surface area contributed by atoms with Gasteiger partial charge >= 0.3 is 0 Å². The van der Waals surface area contributed by atoms with Crippen molar-refractivity contribution in [3.63, 3.8) is 0 Å². The maximum Gasteiger partial charge on any atom is 0.274 e. The number of nitrogens with zero attached hydrogens (tertiary/aromatic N) is 3. The minimum Gasteiger partial charge on any atom is -0.508 e. The first kappa shape index (κ1) is 18.8. The number of thioether (sulfide) groups is 2. The van der Waals surface area contributed by atoms with E-state index in [0.29, 0.717) is 15.8 Å². The van der Waals surface area contributed by atoms with Gasteiger partial charge in [0.15, 0.2) is 5.17 Å². The number of aliphatic imine (C=N–C) groups is 1. The number of hydrogen-bond acceptors (Lipinski definition) is 6. The van der Waals surface area contributed by atoms with E-state index >= 15 is 0 Å². The summed E-state index contributed by atoms with van der Waals surface area (Å²) in [4.78, 5) is 23.7. The van der Waals surface area contributed by atoms with E-state index in [2.05, 4.69) is 17.0 Å². The second-order valence-corrected chi connectivity index (χ2v) is 8.76. The second-order valence-electron chi connectivity index (χ2n) is 6.75. The third-order valence-corrected chi connectivity index (χ3v) is 7.20.